The van der Waals surface area contributed by atoms with Crippen LogP contribution in [0.15, 0.2) is 10.5 Å². The van der Waals surface area contributed by atoms with Gasteiger partial charge in [0.25, 0.3) is 0 Å². The maximum absolute atomic E-state index is 4.44. The number of hydrogen-bond acceptors (Lipinski definition) is 7. The Morgan fingerprint density at radius 1 is 1.45 bits per heavy atom. The number of thiazole rings is 1. The molecule has 0 amide bonds. The third-order valence-electron chi connectivity index (χ3n) is 2.57. The summed E-state index contributed by atoms with van der Waals surface area (Å²) < 4.78 is 1.84. The zero-order chi connectivity index (χ0) is 14.4. The van der Waals surface area contributed by atoms with E-state index in [2.05, 4.69) is 45.1 Å². The summed E-state index contributed by atoms with van der Waals surface area (Å²) in [7, 11) is 0. The summed E-state index contributed by atoms with van der Waals surface area (Å²) in [4.78, 5) is 4.44. The molecule has 6 nitrogen and oxygen atoms in total. The molecule has 110 valence electrons. The van der Waals surface area contributed by atoms with Gasteiger partial charge in [-0.15, -0.1) is 16.4 Å². The van der Waals surface area contributed by atoms with Gasteiger partial charge >= 0.3 is 0 Å². The molecule has 0 atom stereocenters. The van der Waals surface area contributed by atoms with E-state index in [1.54, 1.807) is 23.1 Å². The first-order valence-corrected chi connectivity index (χ1v) is 8.52. The molecule has 2 rings (SSSR count). The Morgan fingerprint density at radius 3 is 3.00 bits per heavy atom. The third kappa shape index (κ3) is 4.84. The molecule has 20 heavy (non-hydrogen) atoms. The third-order valence-corrected chi connectivity index (χ3v) is 4.38. The number of tetrazole rings is 1. The topological polar surface area (TPSA) is 68.5 Å². The Bertz CT molecular complexity index is 522. The molecule has 2 aromatic heterocycles. The van der Waals surface area contributed by atoms with E-state index >= 15 is 0 Å². The number of aromatic nitrogens is 5. The molecule has 0 bridgehead atoms. The molecule has 2 aromatic rings. The summed E-state index contributed by atoms with van der Waals surface area (Å²) >= 11 is 3.30. The molecule has 0 aliphatic heterocycles. The Morgan fingerprint density at radius 2 is 2.30 bits per heavy atom. The average molecular weight is 312 g/mol. The van der Waals surface area contributed by atoms with E-state index in [0.717, 1.165) is 41.2 Å². The molecule has 0 aliphatic carbocycles. The number of hydrogen-bond donors (Lipinski definition) is 1. The van der Waals surface area contributed by atoms with Crippen molar-refractivity contribution in [1.82, 2.24) is 30.5 Å². The van der Waals surface area contributed by atoms with Crippen molar-refractivity contribution in [2.45, 2.75) is 38.2 Å². The predicted octanol–water partition coefficient (Wildman–Crippen LogP) is 1.98. The largest absolute Gasteiger partial charge is 0.315 e. The quantitative estimate of drug-likeness (QED) is 0.594. The van der Waals surface area contributed by atoms with Crippen molar-refractivity contribution in [1.29, 1.82) is 0 Å². The number of nitrogens with one attached hydrogen (secondary N) is 1. The van der Waals surface area contributed by atoms with Gasteiger partial charge in [-0.25, -0.2) is 9.67 Å². The van der Waals surface area contributed by atoms with Gasteiger partial charge in [0.15, 0.2) is 0 Å². The maximum atomic E-state index is 4.44. The molecule has 2 heterocycles. The number of nitrogens with zero attached hydrogens (tertiary/aromatic N) is 5. The van der Waals surface area contributed by atoms with E-state index in [0.29, 0.717) is 5.92 Å². The van der Waals surface area contributed by atoms with Gasteiger partial charge in [-0.1, -0.05) is 25.6 Å². The van der Waals surface area contributed by atoms with Crippen LogP contribution in [0.25, 0.3) is 0 Å². The van der Waals surface area contributed by atoms with Crippen LogP contribution >= 0.6 is 23.1 Å². The van der Waals surface area contributed by atoms with Crippen LogP contribution in [0.4, 0.5) is 0 Å². The molecule has 1 N–H and O–H groups in total. The minimum absolute atomic E-state index is 0.658. The van der Waals surface area contributed by atoms with Crippen molar-refractivity contribution >= 4 is 23.1 Å². The van der Waals surface area contributed by atoms with Gasteiger partial charge in [0.1, 0.15) is 0 Å². The first-order valence-electron chi connectivity index (χ1n) is 6.66. The summed E-state index contributed by atoms with van der Waals surface area (Å²) in [5.41, 5.74) is 1.09. The molecular formula is C12H20N6S2. The van der Waals surface area contributed by atoms with Crippen LogP contribution in [0.3, 0.4) is 0 Å². The lowest BCUT2D eigenvalue weighted by molar-refractivity contribution is 0.482. The van der Waals surface area contributed by atoms with Gasteiger partial charge in [0.05, 0.1) is 17.2 Å². The van der Waals surface area contributed by atoms with E-state index in [9.17, 15) is 0 Å². The molecule has 0 saturated carbocycles. The molecule has 0 radical (unpaired) electrons. The molecule has 0 unspecified atom stereocenters. The lowest BCUT2D eigenvalue weighted by Gasteiger charge is -2.07. The molecule has 8 heteroatoms. The second kappa shape index (κ2) is 7.70. The van der Waals surface area contributed by atoms with Gasteiger partial charge in [0.2, 0.25) is 5.16 Å². The summed E-state index contributed by atoms with van der Waals surface area (Å²) in [5.74, 6) is 1.47. The highest BCUT2D eigenvalue weighted by atomic mass is 32.2. The van der Waals surface area contributed by atoms with E-state index in [1.807, 2.05) is 11.6 Å². The normalized spacial score (nSPS) is 11.4. The fourth-order valence-electron chi connectivity index (χ4n) is 1.63. The molecule has 0 spiro atoms. The monoisotopic (exact) mass is 312 g/mol. The van der Waals surface area contributed by atoms with Gasteiger partial charge < -0.3 is 5.32 Å². The zero-order valence-corrected chi connectivity index (χ0v) is 13.7. The van der Waals surface area contributed by atoms with Crippen molar-refractivity contribution in [2.24, 2.45) is 5.92 Å². The van der Waals surface area contributed by atoms with Crippen molar-refractivity contribution in [3.8, 4) is 0 Å². The fraction of sp³-hybridized carbons (Fsp3) is 0.667. The van der Waals surface area contributed by atoms with Crippen molar-refractivity contribution < 1.29 is 0 Å². The highest BCUT2D eigenvalue weighted by molar-refractivity contribution is 7.98. The standard InChI is InChI=1S/C12H20N6S2/c1-9(2)6-13-4-5-18-12(15-16-17-18)20-8-11-7-19-10(3)14-11/h7,9,13H,4-6,8H2,1-3H3. The summed E-state index contributed by atoms with van der Waals surface area (Å²) in [5, 5.41) is 19.3. The lowest BCUT2D eigenvalue weighted by Crippen LogP contribution is -2.24. The highest BCUT2D eigenvalue weighted by Crippen LogP contribution is 2.20. The first kappa shape index (κ1) is 15.4. The van der Waals surface area contributed by atoms with Crippen LogP contribution in [-0.4, -0.2) is 38.3 Å². The Labute approximate surface area is 127 Å². The molecule has 0 fully saturated rings. The van der Waals surface area contributed by atoms with Gasteiger partial charge in [-0.05, 0) is 29.8 Å². The van der Waals surface area contributed by atoms with Crippen LogP contribution in [0.5, 0.6) is 0 Å². The number of aryl methyl sites for hydroxylation is 1. The van der Waals surface area contributed by atoms with Crippen LogP contribution < -0.4 is 5.32 Å². The van der Waals surface area contributed by atoms with E-state index in [4.69, 9.17) is 0 Å². The van der Waals surface area contributed by atoms with E-state index in [1.165, 1.54) is 0 Å². The van der Waals surface area contributed by atoms with Crippen LogP contribution in [-0.2, 0) is 12.3 Å². The molecular weight excluding hydrogens is 292 g/mol. The predicted molar refractivity (Wildman–Crippen MR) is 81.9 cm³/mol. The molecule has 0 aromatic carbocycles. The van der Waals surface area contributed by atoms with Crippen molar-refractivity contribution in [3.63, 3.8) is 0 Å². The molecule has 0 aliphatic rings. The van der Waals surface area contributed by atoms with Crippen LogP contribution in [0, 0.1) is 12.8 Å². The van der Waals surface area contributed by atoms with Gasteiger partial charge in [0, 0.05) is 17.7 Å². The smallest absolute Gasteiger partial charge is 0.209 e. The minimum atomic E-state index is 0.658. The maximum Gasteiger partial charge on any atom is 0.209 e. The summed E-state index contributed by atoms with van der Waals surface area (Å²) in [6, 6.07) is 0. The molecule has 0 saturated heterocycles. The van der Waals surface area contributed by atoms with Crippen molar-refractivity contribution in [3.05, 3.63) is 16.1 Å². The number of thioether (sulfide) groups is 1. The lowest BCUT2D eigenvalue weighted by atomic mass is 10.2. The second-order valence-corrected chi connectivity index (χ2v) is 6.93. The highest BCUT2D eigenvalue weighted by Gasteiger charge is 2.08. The van der Waals surface area contributed by atoms with Crippen LogP contribution in [0.1, 0.15) is 24.5 Å². The van der Waals surface area contributed by atoms with Gasteiger partial charge in [-0.2, -0.15) is 0 Å². The van der Waals surface area contributed by atoms with E-state index < -0.39 is 0 Å². The summed E-state index contributed by atoms with van der Waals surface area (Å²) in [6.45, 7) is 9.10. The van der Waals surface area contributed by atoms with E-state index in [-0.39, 0.29) is 0 Å². The Kier molecular flexibility index (Phi) is 5.93. The van der Waals surface area contributed by atoms with Gasteiger partial charge in [-0.3, -0.25) is 0 Å². The Hall–Kier alpha value is -0.990. The first-order chi connectivity index (χ1) is 9.65. The summed E-state index contributed by atoms with van der Waals surface area (Å²) in [6.07, 6.45) is 0. The zero-order valence-electron chi connectivity index (χ0n) is 12.0. The number of rotatable bonds is 8. The van der Waals surface area contributed by atoms with Crippen molar-refractivity contribution in [2.75, 3.05) is 13.1 Å². The average Bonchev–Trinajstić information content (AvgIpc) is 3.01. The SMILES string of the molecule is Cc1nc(CSc2nnnn2CCNCC(C)C)cs1. The second-order valence-electron chi connectivity index (χ2n) is 4.93. The fourth-order valence-corrected chi connectivity index (χ4v) is 3.14. The Balaban J connectivity index is 1.79. The van der Waals surface area contributed by atoms with Crippen LogP contribution in [0.2, 0.25) is 0 Å². The minimum Gasteiger partial charge on any atom is -0.315 e.